The Hall–Kier alpha value is 0.190. The molecule has 5 saturated carbocycles. The van der Waals surface area contributed by atoms with Gasteiger partial charge in [0.1, 0.15) is 0 Å². The highest BCUT2D eigenvalue weighted by atomic mass is 32.1. The monoisotopic (exact) mass is 463 g/mol. The second-order valence-electron chi connectivity index (χ2n) is 14.0. The smallest absolute Gasteiger partial charge is 0.0880 e. The highest BCUT2D eigenvalue weighted by molar-refractivity contribution is 7.78. The molecule has 6 aliphatic rings. The predicted octanol–water partition coefficient (Wildman–Crippen LogP) is 4.60. The highest BCUT2D eigenvalue weighted by Gasteiger charge is 2.84. The van der Waals surface area contributed by atoms with Gasteiger partial charge in [-0.2, -0.15) is 0 Å². The first-order valence-electron chi connectivity index (χ1n) is 13.4. The van der Waals surface area contributed by atoms with Crippen LogP contribution < -0.4 is 4.72 Å². The van der Waals surface area contributed by atoms with Gasteiger partial charge >= 0.3 is 0 Å². The van der Waals surface area contributed by atoms with E-state index in [1.54, 1.807) is 0 Å². The summed E-state index contributed by atoms with van der Waals surface area (Å²) in [5, 5.41) is 22.9. The summed E-state index contributed by atoms with van der Waals surface area (Å²) in [6.07, 6.45) is 9.04. The maximum atomic E-state index is 12.1. The zero-order valence-electron chi connectivity index (χ0n) is 20.7. The summed E-state index contributed by atoms with van der Waals surface area (Å²) in [7, 11) is 0. The molecular weight excluding hydrogens is 418 g/mol. The number of hydrogen-bond donors (Lipinski definition) is 4. The molecule has 3 N–H and O–H groups in total. The summed E-state index contributed by atoms with van der Waals surface area (Å²) in [5.74, 6) is 2.20. The fraction of sp³-hybridized carbons (Fsp3) is 1.00. The lowest BCUT2D eigenvalue weighted by atomic mass is 9.41. The van der Waals surface area contributed by atoms with Crippen LogP contribution in [0, 0.1) is 50.7 Å². The maximum absolute atomic E-state index is 12.1. The van der Waals surface area contributed by atoms with Crippen molar-refractivity contribution in [3.8, 4) is 0 Å². The first kappa shape index (κ1) is 22.6. The van der Waals surface area contributed by atoms with Gasteiger partial charge in [-0.25, -0.2) is 0 Å². The Morgan fingerprint density at radius 1 is 0.969 bits per heavy atom. The molecule has 0 radical (unpaired) electrons. The van der Waals surface area contributed by atoms with Gasteiger partial charge in [-0.15, -0.1) is 0 Å². The van der Waals surface area contributed by atoms with Gasteiger partial charge in [-0.1, -0.05) is 47.4 Å². The minimum absolute atomic E-state index is 0.0152. The molecule has 6 fully saturated rings. The molecule has 7 unspecified atom stereocenters. The topological polar surface area (TPSA) is 61.7 Å². The fourth-order valence-corrected chi connectivity index (χ4v) is 11.8. The molecule has 6 rings (SSSR count). The Morgan fingerprint density at radius 2 is 1.66 bits per heavy atom. The molecule has 0 bridgehead atoms. The predicted molar refractivity (Wildman–Crippen MR) is 129 cm³/mol. The standard InChI is InChI=1S/C27H45NO3S/c1-15-12-16(13-28-32)31-21-20(15)24(4)10-11-27-14-26(27)9-8-19(29)23(2,3)17(26)6-7-18(27)25(24,5)22(21)30/h15-22,28-30,32H,6-14H2,1-5H3/t15-,16?,17+,18?,19?,20+,21?,22+,24?,25-,26?,27?/m1/s1. The van der Waals surface area contributed by atoms with E-state index in [1.165, 1.54) is 38.5 Å². The van der Waals surface area contributed by atoms with Crippen LogP contribution in [0.25, 0.3) is 0 Å². The zero-order valence-corrected chi connectivity index (χ0v) is 21.6. The van der Waals surface area contributed by atoms with Crippen molar-refractivity contribution in [3.63, 3.8) is 0 Å². The molecule has 2 spiro atoms. The minimum Gasteiger partial charge on any atom is -0.393 e. The van der Waals surface area contributed by atoms with E-state index in [0.29, 0.717) is 34.5 Å². The fourth-order valence-electron chi connectivity index (χ4n) is 11.6. The van der Waals surface area contributed by atoms with Crippen molar-refractivity contribution in [1.29, 1.82) is 0 Å². The van der Waals surface area contributed by atoms with Crippen LogP contribution in [0.5, 0.6) is 0 Å². The van der Waals surface area contributed by atoms with E-state index in [9.17, 15) is 10.2 Å². The molecule has 5 heteroatoms. The SMILES string of the molecule is C[C@@H]1CC(CNS)OC2[C@H]1C1(C)CCC34CC35CCC(O)C(C)(C)[C@@H]5CCC4[C@]1(C)[C@H]2O. The number of fused-ring (bicyclic) bond motifs is 4. The van der Waals surface area contributed by atoms with Crippen LogP contribution in [0.3, 0.4) is 0 Å². The second-order valence-corrected chi connectivity index (χ2v) is 14.3. The molecule has 182 valence electrons. The van der Waals surface area contributed by atoms with Gasteiger partial charge in [0.15, 0.2) is 0 Å². The molecule has 0 amide bonds. The average molecular weight is 464 g/mol. The number of aliphatic hydroxyl groups excluding tert-OH is 2. The Kier molecular flexibility index (Phi) is 4.73. The van der Waals surface area contributed by atoms with E-state index in [-0.39, 0.29) is 40.7 Å². The van der Waals surface area contributed by atoms with Crippen molar-refractivity contribution in [3.05, 3.63) is 0 Å². The van der Waals surface area contributed by atoms with Crippen molar-refractivity contribution in [2.75, 3.05) is 6.54 Å². The molecule has 5 aliphatic carbocycles. The van der Waals surface area contributed by atoms with Crippen LogP contribution in [-0.4, -0.2) is 41.2 Å². The Bertz CT molecular complexity index is 806. The summed E-state index contributed by atoms with van der Waals surface area (Å²) in [5.41, 5.74) is 0.840. The van der Waals surface area contributed by atoms with Crippen LogP contribution in [0.15, 0.2) is 0 Å². The number of thiol groups is 1. The lowest BCUT2D eigenvalue weighted by molar-refractivity contribution is -0.182. The molecule has 1 heterocycles. The molecule has 0 aromatic rings. The van der Waals surface area contributed by atoms with Gasteiger partial charge in [0.2, 0.25) is 0 Å². The molecule has 4 nitrogen and oxygen atoms in total. The van der Waals surface area contributed by atoms with Crippen LogP contribution in [-0.2, 0) is 4.74 Å². The van der Waals surface area contributed by atoms with Crippen molar-refractivity contribution >= 4 is 12.8 Å². The normalized spacial score (nSPS) is 62.2. The first-order valence-corrected chi connectivity index (χ1v) is 13.8. The Balaban J connectivity index is 1.38. The number of nitrogens with one attached hydrogen (secondary N) is 1. The molecule has 1 saturated heterocycles. The van der Waals surface area contributed by atoms with Crippen LogP contribution >= 0.6 is 12.8 Å². The summed E-state index contributed by atoms with van der Waals surface area (Å²) in [4.78, 5) is 0. The van der Waals surface area contributed by atoms with Crippen molar-refractivity contribution in [2.24, 2.45) is 50.7 Å². The van der Waals surface area contributed by atoms with Gasteiger partial charge in [0.05, 0.1) is 24.4 Å². The van der Waals surface area contributed by atoms with Crippen LogP contribution in [0.1, 0.15) is 86.0 Å². The molecule has 1 aliphatic heterocycles. The summed E-state index contributed by atoms with van der Waals surface area (Å²) in [6.45, 7) is 12.8. The van der Waals surface area contributed by atoms with Crippen LogP contribution in [0.2, 0.25) is 0 Å². The zero-order chi connectivity index (χ0) is 22.9. The second kappa shape index (κ2) is 6.69. The van der Waals surface area contributed by atoms with E-state index >= 15 is 0 Å². The molecule has 32 heavy (non-hydrogen) atoms. The number of rotatable bonds is 2. The van der Waals surface area contributed by atoms with Gasteiger partial charge in [-0.3, -0.25) is 4.72 Å². The van der Waals surface area contributed by atoms with Gasteiger partial charge in [-0.05, 0) is 96.7 Å². The van der Waals surface area contributed by atoms with Crippen molar-refractivity contribution in [2.45, 2.75) is 110 Å². The van der Waals surface area contributed by atoms with Gasteiger partial charge in [0, 0.05) is 12.0 Å². The summed E-state index contributed by atoms with van der Waals surface area (Å²) < 4.78 is 9.64. The average Bonchev–Trinajstić information content (AvgIpc) is 3.36. The number of hydrogen-bond acceptors (Lipinski definition) is 5. The minimum atomic E-state index is -0.388. The van der Waals surface area contributed by atoms with E-state index in [0.717, 1.165) is 19.4 Å². The third-order valence-corrected chi connectivity index (χ3v) is 13.4. The molecule has 0 aromatic carbocycles. The third kappa shape index (κ3) is 2.32. The van der Waals surface area contributed by atoms with Crippen molar-refractivity contribution < 1.29 is 14.9 Å². The lowest BCUT2D eigenvalue weighted by Crippen LogP contribution is -2.59. The summed E-state index contributed by atoms with van der Waals surface area (Å²) in [6, 6.07) is 0. The van der Waals surface area contributed by atoms with E-state index in [2.05, 4.69) is 52.2 Å². The van der Waals surface area contributed by atoms with E-state index in [4.69, 9.17) is 4.74 Å². The molecule has 12 atom stereocenters. The number of aliphatic hydroxyl groups is 2. The summed E-state index contributed by atoms with van der Waals surface area (Å²) >= 11 is 4.23. The molecule has 0 aromatic heterocycles. The van der Waals surface area contributed by atoms with Gasteiger partial charge in [0.25, 0.3) is 0 Å². The maximum Gasteiger partial charge on any atom is 0.0880 e. The quantitative estimate of drug-likeness (QED) is 0.452. The molecular formula is C27H45NO3S. The van der Waals surface area contributed by atoms with E-state index < -0.39 is 0 Å². The Morgan fingerprint density at radius 3 is 2.38 bits per heavy atom. The number of ether oxygens (including phenoxy) is 1. The Labute approximate surface area is 200 Å². The largest absolute Gasteiger partial charge is 0.393 e. The van der Waals surface area contributed by atoms with Gasteiger partial charge < -0.3 is 14.9 Å². The third-order valence-electron chi connectivity index (χ3n) is 13.2. The van der Waals surface area contributed by atoms with E-state index in [1.807, 2.05) is 0 Å². The lowest BCUT2D eigenvalue weighted by Gasteiger charge is -2.63. The van der Waals surface area contributed by atoms with Crippen molar-refractivity contribution in [1.82, 2.24) is 4.72 Å². The van der Waals surface area contributed by atoms with Crippen LogP contribution in [0.4, 0.5) is 0 Å². The highest BCUT2D eigenvalue weighted by Crippen LogP contribution is 2.89. The first-order chi connectivity index (χ1) is 15.0.